The van der Waals surface area contributed by atoms with Gasteiger partial charge in [-0.2, -0.15) is 0 Å². The van der Waals surface area contributed by atoms with Crippen molar-refractivity contribution in [3.8, 4) is 34.3 Å². The van der Waals surface area contributed by atoms with E-state index in [4.69, 9.17) is 28.1 Å². The van der Waals surface area contributed by atoms with E-state index in [1.54, 1.807) is 0 Å². The Balaban J connectivity index is 1.38. The SMILES string of the molecule is O=c1c(O[C@@H]2OC(CC[C@@H]3OC(O)[C@H](O)[C@H](O)C3O)[C@H](O)[C@@H](O)C2O[C@@H]2OC(O)[C@H](O)[C@H](O)C2O)c(-c2ccc(O)cc2)oc2cc(O)cc(O)c12. The molecule has 3 aliphatic heterocycles. The quantitative estimate of drug-likeness (QED) is 0.105. The number of fused-ring (bicyclic) bond motifs is 1. The molecule has 3 saturated heterocycles. The van der Waals surface area contributed by atoms with Crippen molar-refractivity contribution in [3.63, 3.8) is 0 Å². The van der Waals surface area contributed by atoms with E-state index in [-0.39, 0.29) is 35.5 Å². The second-order valence-electron chi connectivity index (χ2n) is 12.7. The van der Waals surface area contributed by atoms with Gasteiger partial charge in [0.1, 0.15) is 77.0 Å². The number of ether oxygens (including phenoxy) is 5. The molecule has 6 unspecified atom stereocenters. The molecule has 3 aromatic rings. The van der Waals surface area contributed by atoms with E-state index in [0.29, 0.717) is 0 Å². The van der Waals surface area contributed by atoms with Crippen LogP contribution in [0.3, 0.4) is 0 Å². The van der Waals surface area contributed by atoms with Crippen molar-refractivity contribution < 1.29 is 94.5 Å². The summed E-state index contributed by atoms with van der Waals surface area (Å²) in [4.78, 5) is 14.0. The summed E-state index contributed by atoms with van der Waals surface area (Å²) in [6, 6.07) is 7.01. The van der Waals surface area contributed by atoms with E-state index in [0.717, 1.165) is 12.1 Å². The maximum Gasteiger partial charge on any atom is 0.239 e. The van der Waals surface area contributed by atoms with Crippen LogP contribution in [-0.4, -0.2) is 159 Å². The molecule has 286 valence electrons. The number of phenols is 3. The fourth-order valence-electron chi connectivity index (χ4n) is 6.27. The van der Waals surface area contributed by atoms with Crippen LogP contribution in [0.2, 0.25) is 0 Å². The maximum absolute atomic E-state index is 14.0. The first kappa shape index (κ1) is 38.0. The molecule has 3 aliphatic rings. The van der Waals surface area contributed by atoms with Gasteiger partial charge in [-0.25, -0.2) is 0 Å². The maximum atomic E-state index is 14.0. The van der Waals surface area contributed by atoms with Crippen molar-refractivity contribution in [2.24, 2.45) is 0 Å². The number of benzene rings is 2. The summed E-state index contributed by atoms with van der Waals surface area (Å²) in [5, 5.41) is 134. The first-order valence-electron chi connectivity index (χ1n) is 16.0. The van der Waals surface area contributed by atoms with Crippen LogP contribution in [0.25, 0.3) is 22.3 Å². The topological polar surface area (TPSA) is 339 Å². The number of aromatic hydroxyl groups is 3. The van der Waals surface area contributed by atoms with Crippen LogP contribution >= 0.6 is 0 Å². The molecule has 4 heterocycles. The Kier molecular flexibility index (Phi) is 10.9. The molecule has 0 bridgehead atoms. The highest BCUT2D eigenvalue weighted by Crippen LogP contribution is 2.39. The third-order valence-corrected chi connectivity index (χ3v) is 9.18. The third-order valence-electron chi connectivity index (χ3n) is 9.18. The van der Waals surface area contributed by atoms with Gasteiger partial charge >= 0.3 is 0 Å². The summed E-state index contributed by atoms with van der Waals surface area (Å²) in [7, 11) is 0. The number of phenolic OH excluding ortho intramolecular Hbond substituents is 3. The summed E-state index contributed by atoms with van der Waals surface area (Å²) in [5.74, 6) is -2.42. The molecule has 0 aliphatic carbocycles. The predicted octanol–water partition coefficient (Wildman–Crippen LogP) is -3.87. The van der Waals surface area contributed by atoms with E-state index in [1.165, 1.54) is 24.3 Å². The van der Waals surface area contributed by atoms with E-state index in [2.05, 4.69) is 0 Å². The minimum Gasteiger partial charge on any atom is -0.508 e. The lowest BCUT2D eigenvalue weighted by molar-refractivity contribution is -0.378. The summed E-state index contributed by atoms with van der Waals surface area (Å²) >= 11 is 0. The van der Waals surface area contributed by atoms with Crippen LogP contribution in [0.1, 0.15) is 12.8 Å². The van der Waals surface area contributed by atoms with Crippen LogP contribution in [0, 0.1) is 0 Å². The minimum absolute atomic E-state index is 0.106. The lowest BCUT2D eigenvalue weighted by Gasteiger charge is -2.46. The first-order chi connectivity index (χ1) is 24.6. The molecule has 20 heteroatoms. The van der Waals surface area contributed by atoms with Crippen LogP contribution in [0.4, 0.5) is 0 Å². The van der Waals surface area contributed by atoms with E-state index < -0.39 is 120 Å². The smallest absolute Gasteiger partial charge is 0.239 e. The summed E-state index contributed by atoms with van der Waals surface area (Å²) in [6.07, 6.45) is -28.6. The minimum atomic E-state index is -2.10. The van der Waals surface area contributed by atoms with E-state index in [1.807, 2.05) is 0 Å². The molecule has 20 nitrogen and oxygen atoms in total. The lowest BCUT2D eigenvalue weighted by Crippen LogP contribution is -2.64. The Labute approximate surface area is 291 Å². The molecule has 0 radical (unpaired) electrons. The van der Waals surface area contributed by atoms with Crippen molar-refractivity contribution in [2.75, 3.05) is 0 Å². The van der Waals surface area contributed by atoms with E-state index in [9.17, 15) is 71.2 Å². The molecule has 13 N–H and O–H groups in total. The number of aliphatic hydroxyl groups is 10. The Morgan fingerprint density at radius 2 is 1.17 bits per heavy atom. The average Bonchev–Trinajstić information content (AvgIpc) is 3.10. The average molecular weight is 743 g/mol. The number of hydrogen-bond acceptors (Lipinski definition) is 20. The van der Waals surface area contributed by atoms with Crippen LogP contribution in [0.15, 0.2) is 45.6 Å². The van der Waals surface area contributed by atoms with Gasteiger partial charge < -0.3 is 94.5 Å². The number of rotatable bonds is 8. The Hall–Kier alpha value is -3.71. The highest BCUT2D eigenvalue weighted by atomic mass is 16.8. The van der Waals surface area contributed by atoms with Crippen molar-refractivity contribution in [3.05, 3.63) is 46.6 Å². The highest BCUT2D eigenvalue weighted by Gasteiger charge is 2.52. The summed E-state index contributed by atoms with van der Waals surface area (Å²) in [5.41, 5.74) is -1.25. The molecule has 2 aromatic carbocycles. The normalized spacial score (nSPS) is 38.3. The molecule has 6 rings (SSSR count). The Morgan fingerprint density at radius 1 is 0.596 bits per heavy atom. The molecule has 1 aromatic heterocycles. The highest BCUT2D eigenvalue weighted by molar-refractivity contribution is 5.88. The number of aliphatic hydroxyl groups excluding tert-OH is 10. The van der Waals surface area contributed by atoms with Crippen LogP contribution in [0.5, 0.6) is 23.0 Å². The second kappa shape index (κ2) is 15.0. The molecule has 0 saturated carbocycles. The fourth-order valence-corrected chi connectivity index (χ4v) is 6.27. The monoisotopic (exact) mass is 742 g/mol. The van der Waals surface area contributed by atoms with Gasteiger partial charge in [-0.1, -0.05) is 0 Å². The zero-order chi connectivity index (χ0) is 37.8. The Morgan fingerprint density at radius 3 is 1.83 bits per heavy atom. The van der Waals surface area contributed by atoms with Crippen molar-refractivity contribution in [1.29, 1.82) is 0 Å². The number of hydrogen-bond donors (Lipinski definition) is 13. The van der Waals surface area contributed by atoms with E-state index >= 15 is 0 Å². The van der Waals surface area contributed by atoms with Crippen molar-refractivity contribution >= 4 is 11.0 Å². The van der Waals surface area contributed by atoms with Gasteiger partial charge in [0.15, 0.2) is 30.7 Å². The zero-order valence-electron chi connectivity index (χ0n) is 26.7. The molecule has 0 amide bonds. The van der Waals surface area contributed by atoms with Gasteiger partial charge in [0.25, 0.3) is 0 Å². The molecule has 15 atom stereocenters. The van der Waals surface area contributed by atoms with Gasteiger partial charge in [-0.15, -0.1) is 0 Å². The zero-order valence-corrected chi connectivity index (χ0v) is 26.7. The van der Waals surface area contributed by atoms with Gasteiger partial charge in [-0.3, -0.25) is 4.79 Å². The molecular weight excluding hydrogens is 704 g/mol. The van der Waals surface area contributed by atoms with Gasteiger partial charge in [0.2, 0.25) is 17.5 Å². The van der Waals surface area contributed by atoms with Gasteiger partial charge in [0.05, 0.1) is 12.2 Å². The molecule has 3 fully saturated rings. The van der Waals surface area contributed by atoms with Crippen LogP contribution < -0.4 is 10.2 Å². The second-order valence-corrected chi connectivity index (χ2v) is 12.7. The summed E-state index contributed by atoms with van der Waals surface area (Å²) in [6.45, 7) is 0. The Bertz CT molecular complexity index is 1770. The molecule has 0 spiro atoms. The fraction of sp³-hybridized carbons (Fsp3) is 0.531. The summed E-state index contributed by atoms with van der Waals surface area (Å²) < 4.78 is 33.8. The van der Waals surface area contributed by atoms with Crippen molar-refractivity contribution in [1.82, 2.24) is 0 Å². The predicted molar refractivity (Wildman–Crippen MR) is 166 cm³/mol. The standard InChI is InChI=1S/C32H38O20/c33-10-3-1-9(2-4-10)26-27(19(38)16-12(35)7-11(34)8-15(16)47-26)50-32-28(51-31-25(44)21(40)24(43)30(46)52-31)22(41)18(37)14(49-32)6-5-13-17(36)20(39)23(42)29(45)48-13/h1-4,7-8,13-14,17-18,20-25,28-37,39-46H,5-6H2/t13-,14?,17?,18-,20+,21-,22+,23+,24+,25?,28?,29?,30?,31+,32-/m0/s1. The third kappa shape index (κ3) is 7.14. The molecule has 52 heavy (non-hydrogen) atoms. The van der Waals surface area contributed by atoms with Gasteiger partial charge in [0, 0.05) is 17.7 Å². The van der Waals surface area contributed by atoms with Crippen LogP contribution in [-0.2, 0) is 18.9 Å². The van der Waals surface area contributed by atoms with Gasteiger partial charge in [-0.05, 0) is 37.1 Å². The molecular formula is C32H38O20. The largest absolute Gasteiger partial charge is 0.508 e. The first-order valence-corrected chi connectivity index (χ1v) is 16.0. The van der Waals surface area contributed by atoms with Crippen molar-refractivity contribution in [2.45, 2.75) is 105 Å². The lowest BCUT2D eigenvalue weighted by atomic mass is 9.91.